The maximum Gasteiger partial charge on any atom is 0.424 e. The van der Waals surface area contributed by atoms with Crippen LogP contribution in [-0.2, 0) is 14.3 Å². The van der Waals surface area contributed by atoms with E-state index < -0.39 is 17.9 Å². The van der Waals surface area contributed by atoms with Gasteiger partial charge in [0.05, 0.1) is 20.8 Å². The van der Waals surface area contributed by atoms with Gasteiger partial charge in [0, 0.05) is 24.4 Å². The number of carbonyl (C=O) groups excluding carboxylic acids is 3. The topological polar surface area (TPSA) is 85.4 Å². The van der Waals surface area contributed by atoms with Gasteiger partial charge in [-0.3, -0.25) is 9.59 Å². The summed E-state index contributed by atoms with van der Waals surface area (Å²) in [5.41, 5.74) is 0.714. The molecule has 25 heavy (non-hydrogen) atoms. The Morgan fingerprint density at radius 1 is 1.12 bits per heavy atom. The molecule has 0 saturated heterocycles. The molecule has 0 bridgehead atoms. The molecule has 0 aliphatic carbocycles. The summed E-state index contributed by atoms with van der Waals surface area (Å²) in [7, 11) is 3.03. The van der Waals surface area contributed by atoms with Crippen LogP contribution in [0.5, 0.6) is 11.5 Å². The van der Waals surface area contributed by atoms with E-state index in [-0.39, 0.29) is 12.3 Å². The zero-order valence-corrected chi connectivity index (χ0v) is 14.6. The number of rotatable bonds is 6. The molecule has 8 nitrogen and oxygen atoms in total. The van der Waals surface area contributed by atoms with Crippen molar-refractivity contribution in [3.63, 3.8) is 0 Å². The van der Waals surface area contributed by atoms with Crippen LogP contribution in [0.25, 0.3) is 0 Å². The minimum atomic E-state index is -0.980. The van der Waals surface area contributed by atoms with E-state index in [0.29, 0.717) is 28.6 Å². The number of carbonyl (C=O) groups is 3. The second-order valence-corrected chi connectivity index (χ2v) is 4.99. The molecule has 1 aromatic rings. The normalized spacial score (nSPS) is 13.6. The van der Waals surface area contributed by atoms with Crippen molar-refractivity contribution in [1.29, 1.82) is 0 Å². The lowest BCUT2D eigenvalue weighted by molar-refractivity contribution is -0.135. The van der Waals surface area contributed by atoms with E-state index in [2.05, 4.69) is 0 Å². The highest BCUT2D eigenvalue weighted by atomic mass is 16.6. The maximum atomic E-state index is 12.5. The first kappa shape index (κ1) is 18.3. The van der Waals surface area contributed by atoms with Crippen LogP contribution in [-0.4, -0.2) is 50.2 Å². The van der Waals surface area contributed by atoms with Crippen molar-refractivity contribution in [1.82, 2.24) is 4.90 Å². The van der Waals surface area contributed by atoms with Gasteiger partial charge in [0.25, 0.3) is 11.8 Å². The lowest BCUT2D eigenvalue weighted by atomic mass is 10.2. The fourth-order valence-electron chi connectivity index (χ4n) is 2.50. The Morgan fingerprint density at radius 3 is 2.36 bits per heavy atom. The van der Waals surface area contributed by atoms with Crippen molar-refractivity contribution in [3.05, 3.63) is 30.0 Å². The summed E-state index contributed by atoms with van der Waals surface area (Å²) in [6.45, 7) is 3.89. The van der Waals surface area contributed by atoms with Crippen LogP contribution in [0.4, 0.5) is 10.5 Å². The molecule has 0 radical (unpaired) electrons. The van der Waals surface area contributed by atoms with Gasteiger partial charge in [0.2, 0.25) is 0 Å². The molecule has 0 unspecified atom stereocenters. The molecule has 8 heteroatoms. The third-order valence-electron chi connectivity index (χ3n) is 3.64. The van der Waals surface area contributed by atoms with Gasteiger partial charge in [-0.25, -0.2) is 4.79 Å². The number of likely N-dealkylation sites (N-methyl/N-ethyl adjacent to an activating group) is 1. The van der Waals surface area contributed by atoms with Crippen molar-refractivity contribution in [2.45, 2.75) is 13.8 Å². The average molecular weight is 348 g/mol. The highest BCUT2D eigenvalue weighted by Crippen LogP contribution is 2.33. The summed E-state index contributed by atoms with van der Waals surface area (Å²) in [5, 5.41) is 0. The summed E-state index contributed by atoms with van der Waals surface area (Å²) in [6, 6.07) is 5.12. The molecule has 0 fully saturated rings. The van der Waals surface area contributed by atoms with Crippen LogP contribution in [0.2, 0.25) is 0 Å². The van der Waals surface area contributed by atoms with Crippen LogP contribution in [0.15, 0.2) is 30.0 Å². The standard InChI is InChI=1S/C17H20N2O6/c1-5-18(11-7-8-13(23-3)14(9-11)24-4)12-10-15(20)19(16(12)21)17(22)25-6-2/h7-10H,5-6H2,1-4H3. The lowest BCUT2D eigenvalue weighted by Crippen LogP contribution is -2.40. The number of imide groups is 3. The fourth-order valence-corrected chi connectivity index (χ4v) is 2.50. The Bertz CT molecular complexity index is 728. The van der Waals surface area contributed by atoms with E-state index in [1.54, 1.807) is 30.0 Å². The Morgan fingerprint density at radius 2 is 1.80 bits per heavy atom. The molecule has 0 spiro atoms. The first-order valence-electron chi connectivity index (χ1n) is 7.74. The van der Waals surface area contributed by atoms with Crippen LogP contribution in [0, 0.1) is 0 Å². The van der Waals surface area contributed by atoms with Gasteiger partial charge in [-0.1, -0.05) is 0 Å². The van der Waals surface area contributed by atoms with Crippen LogP contribution < -0.4 is 14.4 Å². The Hall–Kier alpha value is -3.03. The summed E-state index contributed by atoms with van der Waals surface area (Å²) in [6.07, 6.45) is 0.145. The lowest BCUT2D eigenvalue weighted by Gasteiger charge is -2.24. The molecule has 0 saturated carbocycles. The molecular formula is C17H20N2O6. The third-order valence-corrected chi connectivity index (χ3v) is 3.64. The smallest absolute Gasteiger partial charge is 0.424 e. The number of hydrogen-bond acceptors (Lipinski definition) is 7. The molecule has 1 heterocycles. The first-order chi connectivity index (χ1) is 12.0. The van der Waals surface area contributed by atoms with E-state index in [0.717, 1.165) is 6.08 Å². The quantitative estimate of drug-likeness (QED) is 0.726. The van der Waals surface area contributed by atoms with E-state index >= 15 is 0 Å². The zero-order valence-electron chi connectivity index (χ0n) is 14.6. The average Bonchev–Trinajstić information content (AvgIpc) is 2.90. The van der Waals surface area contributed by atoms with Gasteiger partial charge in [-0.05, 0) is 26.0 Å². The van der Waals surface area contributed by atoms with Gasteiger partial charge >= 0.3 is 6.09 Å². The van der Waals surface area contributed by atoms with E-state index in [9.17, 15) is 14.4 Å². The Kier molecular flexibility index (Phi) is 5.63. The van der Waals surface area contributed by atoms with Crippen molar-refractivity contribution in [2.75, 3.05) is 32.3 Å². The Labute approximate surface area is 145 Å². The number of hydrogen-bond donors (Lipinski definition) is 0. The summed E-state index contributed by atoms with van der Waals surface area (Å²) in [5.74, 6) is -0.422. The number of nitrogens with zero attached hydrogens (tertiary/aromatic N) is 2. The number of anilines is 1. The SMILES string of the molecule is CCOC(=O)N1C(=O)C=C(N(CC)c2ccc(OC)c(OC)c2)C1=O. The monoisotopic (exact) mass is 348 g/mol. The third kappa shape index (κ3) is 3.42. The number of ether oxygens (including phenoxy) is 3. The van der Waals surface area contributed by atoms with Crippen molar-refractivity contribution in [2.24, 2.45) is 0 Å². The fraction of sp³-hybridized carbons (Fsp3) is 0.353. The minimum Gasteiger partial charge on any atom is -0.493 e. The van der Waals surface area contributed by atoms with Crippen molar-refractivity contribution < 1.29 is 28.6 Å². The second kappa shape index (κ2) is 7.69. The molecule has 3 amide bonds. The highest BCUT2D eigenvalue weighted by Gasteiger charge is 2.39. The Balaban J connectivity index is 2.35. The molecule has 2 rings (SSSR count). The predicted molar refractivity (Wildman–Crippen MR) is 89.5 cm³/mol. The van der Waals surface area contributed by atoms with Crippen molar-refractivity contribution >= 4 is 23.6 Å². The summed E-state index contributed by atoms with van der Waals surface area (Å²) < 4.78 is 15.2. The molecule has 1 aromatic carbocycles. The highest BCUT2D eigenvalue weighted by molar-refractivity contribution is 6.25. The van der Waals surface area contributed by atoms with Gasteiger partial charge < -0.3 is 19.1 Å². The maximum absolute atomic E-state index is 12.5. The molecule has 1 aliphatic heterocycles. The van der Waals surface area contributed by atoms with Crippen LogP contribution in [0.3, 0.4) is 0 Å². The van der Waals surface area contributed by atoms with E-state index in [1.807, 2.05) is 6.92 Å². The van der Waals surface area contributed by atoms with Crippen molar-refractivity contribution in [3.8, 4) is 11.5 Å². The van der Waals surface area contributed by atoms with Crippen LogP contribution in [0.1, 0.15) is 13.8 Å². The van der Waals surface area contributed by atoms with Crippen LogP contribution >= 0.6 is 0 Å². The second-order valence-electron chi connectivity index (χ2n) is 4.99. The van der Waals surface area contributed by atoms with E-state index in [4.69, 9.17) is 14.2 Å². The number of amides is 3. The number of methoxy groups -OCH3 is 2. The predicted octanol–water partition coefficient (Wildman–Crippen LogP) is 1.94. The molecular weight excluding hydrogens is 328 g/mol. The molecule has 0 aromatic heterocycles. The van der Waals surface area contributed by atoms with E-state index in [1.165, 1.54) is 14.2 Å². The zero-order chi connectivity index (χ0) is 18.6. The van der Waals surface area contributed by atoms with Gasteiger partial charge in [0.1, 0.15) is 5.70 Å². The molecule has 134 valence electrons. The van der Waals surface area contributed by atoms with Gasteiger partial charge in [0.15, 0.2) is 11.5 Å². The minimum absolute atomic E-state index is 0.0679. The first-order valence-corrected chi connectivity index (χ1v) is 7.74. The molecule has 0 N–H and O–H groups in total. The largest absolute Gasteiger partial charge is 0.493 e. The molecule has 1 aliphatic rings. The molecule has 0 atom stereocenters. The van der Waals surface area contributed by atoms with Gasteiger partial charge in [-0.2, -0.15) is 4.90 Å². The summed E-state index contributed by atoms with van der Waals surface area (Å²) >= 11 is 0. The van der Waals surface area contributed by atoms with Gasteiger partial charge in [-0.15, -0.1) is 0 Å². The summed E-state index contributed by atoms with van der Waals surface area (Å²) in [4.78, 5) is 38.5. The number of benzene rings is 1.